The van der Waals surface area contributed by atoms with Crippen LogP contribution in [0.4, 0.5) is 0 Å². The molecule has 124 valence electrons. The lowest BCUT2D eigenvalue weighted by atomic mass is 10.1. The van der Waals surface area contributed by atoms with E-state index in [0.717, 1.165) is 21.1 Å². The van der Waals surface area contributed by atoms with Crippen LogP contribution in [0, 0.1) is 12.8 Å². The third-order valence-electron chi connectivity index (χ3n) is 2.65. The standard InChI is InChI=1S/C11H10BrNO.C4H10O.C3H8/c1-7-9-5-8(14-2)3-4-11(9)13-6-10(7)12;1-4(2)3-5;1-3-2/h3-6H,1-2H3;4-5H,3H2,1-2H3;3H2,1-2H3. The van der Waals surface area contributed by atoms with Gasteiger partial charge in [-0.15, -0.1) is 0 Å². The summed E-state index contributed by atoms with van der Waals surface area (Å²) in [5.74, 6) is 1.30. The highest BCUT2D eigenvalue weighted by Gasteiger charge is 2.03. The molecule has 0 radical (unpaired) electrons. The zero-order valence-electron chi connectivity index (χ0n) is 14.5. The predicted octanol–water partition coefficient (Wildman–Crippen LogP) is 5.37. The van der Waals surface area contributed by atoms with Crippen molar-refractivity contribution >= 4 is 26.8 Å². The minimum Gasteiger partial charge on any atom is -0.497 e. The Morgan fingerprint density at radius 2 is 1.82 bits per heavy atom. The number of fused-ring (bicyclic) bond motifs is 1. The molecule has 0 aliphatic carbocycles. The van der Waals surface area contributed by atoms with Crippen LogP contribution in [-0.2, 0) is 0 Å². The van der Waals surface area contributed by atoms with E-state index in [1.807, 2.05) is 38.2 Å². The average Bonchev–Trinajstić information content (AvgIpc) is 2.52. The summed E-state index contributed by atoms with van der Waals surface area (Å²) in [6, 6.07) is 5.89. The highest BCUT2D eigenvalue weighted by molar-refractivity contribution is 9.10. The van der Waals surface area contributed by atoms with E-state index in [1.54, 1.807) is 7.11 Å². The Morgan fingerprint density at radius 1 is 1.27 bits per heavy atom. The average molecular weight is 370 g/mol. The van der Waals surface area contributed by atoms with Crippen molar-refractivity contribution in [2.75, 3.05) is 13.7 Å². The Bertz CT molecular complexity index is 556. The van der Waals surface area contributed by atoms with Crippen molar-refractivity contribution < 1.29 is 9.84 Å². The Kier molecular flexibility index (Phi) is 10.9. The summed E-state index contributed by atoms with van der Waals surface area (Å²) in [5.41, 5.74) is 2.18. The molecule has 0 saturated heterocycles. The third kappa shape index (κ3) is 7.23. The Balaban J connectivity index is 0.000000465. The second-order valence-corrected chi connectivity index (χ2v) is 6.25. The maximum Gasteiger partial charge on any atom is 0.119 e. The molecule has 0 spiro atoms. The number of methoxy groups -OCH3 is 1. The van der Waals surface area contributed by atoms with Gasteiger partial charge in [0.2, 0.25) is 0 Å². The smallest absolute Gasteiger partial charge is 0.119 e. The van der Waals surface area contributed by atoms with Crippen LogP contribution in [0.3, 0.4) is 0 Å². The van der Waals surface area contributed by atoms with Crippen molar-refractivity contribution in [1.82, 2.24) is 4.98 Å². The number of ether oxygens (including phenoxy) is 1. The molecule has 1 heterocycles. The van der Waals surface area contributed by atoms with Crippen LogP contribution in [0.25, 0.3) is 10.9 Å². The fourth-order valence-corrected chi connectivity index (χ4v) is 1.72. The first-order valence-corrected chi connectivity index (χ1v) is 8.40. The molecule has 0 bridgehead atoms. The largest absolute Gasteiger partial charge is 0.497 e. The summed E-state index contributed by atoms with van der Waals surface area (Å²) in [6.45, 7) is 10.6. The first kappa shape index (κ1) is 20.9. The summed E-state index contributed by atoms with van der Waals surface area (Å²) in [5, 5.41) is 9.27. The van der Waals surface area contributed by atoms with E-state index in [2.05, 4.69) is 41.7 Å². The van der Waals surface area contributed by atoms with Crippen molar-refractivity contribution in [3.63, 3.8) is 0 Å². The van der Waals surface area contributed by atoms with Gasteiger partial charge in [-0.05, 0) is 52.5 Å². The van der Waals surface area contributed by atoms with Gasteiger partial charge in [-0.2, -0.15) is 0 Å². The van der Waals surface area contributed by atoms with E-state index in [4.69, 9.17) is 9.84 Å². The number of aromatic nitrogens is 1. The van der Waals surface area contributed by atoms with Crippen LogP contribution in [0.5, 0.6) is 5.75 Å². The lowest BCUT2D eigenvalue weighted by molar-refractivity contribution is 0.248. The molecule has 1 N–H and O–H groups in total. The Labute approximate surface area is 142 Å². The predicted molar refractivity (Wildman–Crippen MR) is 98.6 cm³/mol. The van der Waals surface area contributed by atoms with Crippen LogP contribution >= 0.6 is 15.9 Å². The second-order valence-electron chi connectivity index (χ2n) is 5.40. The van der Waals surface area contributed by atoms with E-state index in [1.165, 1.54) is 12.0 Å². The number of aliphatic hydroxyl groups is 1. The number of halogens is 1. The topological polar surface area (TPSA) is 42.4 Å². The first-order chi connectivity index (χ1) is 10.4. The van der Waals surface area contributed by atoms with Gasteiger partial charge in [0.15, 0.2) is 0 Å². The molecule has 0 atom stereocenters. The van der Waals surface area contributed by atoms with Gasteiger partial charge in [-0.1, -0.05) is 34.1 Å². The quantitative estimate of drug-likeness (QED) is 0.773. The number of hydrogen-bond donors (Lipinski definition) is 1. The van der Waals surface area contributed by atoms with E-state index >= 15 is 0 Å². The molecule has 3 nitrogen and oxygen atoms in total. The second kappa shape index (κ2) is 11.4. The highest BCUT2D eigenvalue weighted by Crippen LogP contribution is 2.26. The summed E-state index contributed by atoms with van der Waals surface area (Å²) < 4.78 is 6.20. The van der Waals surface area contributed by atoms with Crippen LogP contribution in [-0.4, -0.2) is 23.8 Å². The van der Waals surface area contributed by atoms with Crippen molar-refractivity contribution in [1.29, 1.82) is 0 Å². The van der Waals surface area contributed by atoms with E-state index in [-0.39, 0.29) is 0 Å². The number of aliphatic hydroxyl groups excluding tert-OH is 1. The molecule has 2 aromatic rings. The molecule has 0 fully saturated rings. The van der Waals surface area contributed by atoms with Crippen molar-refractivity contribution in [2.24, 2.45) is 5.92 Å². The monoisotopic (exact) mass is 369 g/mol. The van der Waals surface area contributed by atoms with Gasteiger partial charge >= 0.3 is 0 Å². The molecule has 22 heavy (non-hydrogen) atoms. The maximum atomic E-state index is 8.14. The van der Waals surface area contributed by atoms with Crippen LogP contribution in [0.1, 0.15) is 39.7 Å². The number of rotatable bonds is 2. The van der Waals surface area contributed by atoms with Gasteiger partial charge in [0.05, 0.1) is 12.6 Å². The minimum absolute atomic E-state index is 0.306. The van der Waals surface area contributed by atoms with Crippen LogP contribution < -0.4 is 4.74 Å². The highest BCUT2D eigenvalue weighted by atomic mass is 79.9. The van der Waals surface area contributed by atoms with Crippen LogP contribution in [0.15, 0.2) is 28.9 Å². The van der Waals surface area contributed by atoms with Gasteiger partial charge < -0.3 is 9.84 Å². The zero-order chi connectivity index (χ0) is 17.1. The fourth-order valence-electron chi connectivity index (χ4n) is 1.41. The van der Waals surface area contributed by atoms with Crippen molar-refractivity contribution in [3.8, 4) is 5.75 Å². The normalized spacial score (nSPS) is 9.68. The molecule has 4 heteroatoms. The molecule has 0 aliphatic rings. The molecule has 0 amide bonds. The third-order valence-corrected chi connectivity index (χ3v) is 3.45. The number of benzene rings is 1. The Morgan fingerprint density at radius 3 is 2.27 bits per heavy atom. The minimum atomic E-state index is 0.306. The lowest BCUT2D eigenvalue weighted by Crippen LogP contribution is -1.90. The molecule has 1 aromatic carbocycles. The summed E-state index contributed by atoms with van der Waals surface area (Å²) >= 11 is 3.46. The first-order valence-electron chi connectivity index (χ1n) is 7.60. The number of aryl methyl sites for hydroxylation is 1. The van der Waals surface area contributed by atoms with E-state index in [9.17, 15) is 0 Å². The number of nitrogens with zero attached hydrogens (tertiary/aromatic N) is 1. The van der Waals surface area contributed by atoms with Gasteiger partial charge in [0.25, 0.3) is 0 Å². The summed E-state index contributed by atoms with van der Waals surface area (Å²) in [7, 11) is 1.67. The molecule has 0 aliphatic heterocycles. The lowest BCUT2D eigenvalue weighted by Gasteiger charge is -2.05. The van der Waals surface area contributed by atoms with Gasteiger partial charge in [-0.3, -0.25) is 4.98 Å². The number of hydrogen-bond acceptors (Lipinski definition) is 3. The SMILES string of the molecule is CC(C)CO.CCC.COc1ccc2ncc(Br)c(C)c2c1. The van der Waals surface area contributed by atoms with Gasteiger partial charge in [0.1, 0.15) is 5.75 Å². The zero-order valence-corrected chi connectivity index (χ0v) is 16.1. The van der Waals surface area contributed by atoms with Crippen molar-refractivity contribution in [3.05, 3.63) is 34.4 Å². The summed E-state index contributed by atoms with van der Waals surface area (Å²) in [6.07, 6.45) is 3.07. The van der Waals surface area contributed by atoms with Gasteiger partial charge in [0, 0.05) is 22.7 Å². The molecular formula is C18H28BrNO2. The summed E-state index contributed by atoms with van der Waals surface area (Å²) in [4.78, 5) is 4.31. The molecule has 2 rings (SSSR count). The molecule has 0 unspecified atom stereocenters. The molecule has 1 aromatic heterocycles. The van der Waals surface area contributed by atoms with Gasteiger partial charge in [-0.25, -0.2) is 0 Å². The Hall–Kier alpha value is -1.13. The molecular weight excluding hydrogens is 342 g/mol. The molecule has 0 saturated carbocycles. The van der Waals surface area contributed by atoms with Crippen molar-refractivity contribution in [2.45, 2.75) is 41.0 Å². The fraction of sp³-hybridized carbons (Fsp3) is 0.500. The maximum absolute atomic E-state index is 8.14. The van der Waals surface area contributed by atoms with Crippen LogP contribution in [0.2, 0.25) is 0 Å². The van der Waals surface area contributed by atoms with E-state index in [0.29, 0.717) is 12.5 Å². The van der Waals surface area contributed by atoms with E-state index < -0.39 is 0 Å². The number of pyridine rings is 1.